The Morgan fingerprint density at radius 2 is 1.75 bits per heavy atom. The van der Waals surface area contributed by atoms with Crippen molar-refractivity contribution in [3.63, 3.8) is 0 Å². The Bertz CT molecular complexity index is 195. The Labute approximate surface area is 101 Å². The van der Waals surface area contributed by atoms with Crippen LogP contribution >= 0.6 is 0 Å². The summed E-state index contributed by atoms with van der Waals surface area (Å²) in [4.78, 5) is 11.3. The third kappa shape index (κ3) is 8.75. The number of esters is 1. The molecule has 0 radical (unpaired) electrons. The van der Waals surface area contributed by atoms with E-state index in [4.69, 9.17) is 4.74 Å². The maximum absolute atomic E-state index is 11.3. The third-order valence-electron chi connectivity index (χ3n) is 2.81. The summed E-state index contributed by atoms with van der Waals surface area (Å²) in [6.07, 6.45) is 6.42. The number of hydrogen-bond acceptors (Lipinski definition) is 2. The van der Waals surface area contributed by atoms with Crippen LogP contribution in [-0.2, 0) is 9.53 Å². The highest BCUT2D eigenvalue weighted by molar-refractivity contribution is 5.69. The molecule has 0 aliphatic rings. The van der Waals surface area contributed by atoms with E-state index in [0.717, 1.165) is 12.8 Å². The Balaban J connectivity index is 3.67. The molecule has 96 valence electrons. The molecule has 0 spiro atoms. The van der Waals surface area contributed by atoms with Gasteiger partial charge in [-0.25, -0.2) is 0 Å². The fraction of sp³-hybridized carbons (Fsp3) is 0.929. The average Bonchev–Trinajstić information content (AvgIpc) is 2.13. The zero-order chi connectivity index (χ0) is 12.6. The van der Waals surface area contributed by atoms with Gasteiger partial charge in [0, 0.05) is 6.42 Å². The van der Waals surface area contributed by atoms with Crippen LogP contribution in [0.4, 0.5) is 0 Å². The van der Waals surface area contributed by atoms with E-state index in [1.54, 1.807) is 0 Å². The predicted octanol–water partition coefficient (Wildman–Crippen LogP) is 4.32. The maximum Gasteiger partial charge on any atom is 0.306 e. The summed E-state index contributed by atoms with van der Waals surface area (Å²) >= 11 is 0. The first kappa shape index (κ1) is 15.5. The van der Waals surface area contributed by atoms with Gasteiger partial charge in [0.15, 0.2) is 0 Å². The van der Waals surface area contributed by atoms with Crippen molar-refractivity contribution >= 4 is 5.97 Å². The summed E-state index contributed by atoms with van der Waals surface area (Å²) < 4.78 is 5.11. The van der Waals surface area contributed by atoms with E-state index < -0.39 is 0 Å². The topological polar surface area (TPSA) is 26.3 Å². The molecule has 0 aromatic heterocycles. The summed E-state index contributed by atoms with van der Waals surface area (Å²) in [6, 6.07) is 0. The quantitative estimate of drug-likeness (QED) is 0.578. The zero-order valence-electron chi connectivity index (χ0n) is 11.6. The first-order chi connectivity index (χ1) is 7.37. The molecule has 2 heteroatoms. The molecule has 0 amide bonds. The Morgan fingerprint density at radius 1 is 1.19 bits per heavy atom. The molecule has 0 atom stereocenters. The minimum Gasteiger partial charge on any atom is -0.463 e. The molecule has 0 unspecified atom stereocenters. The smallest absolute Gasteiger partial charge is 0.306 e. The van der Waals surface area contributed by atoms with Gasteiger partial charge in [0.1, 0.15) is 0 Å². The molecule has 16 heavy (non-hydrogen) atoms. The van der Waals surface area contributed by atoms with E-state index in [1.807, 2.05) is 13.8 Å². The molecule has 0 heterocycles. The van der Waals surface area contributed by atoms with Crippen LogP contribution in [0.3, 0.4) is 0 Å². The summed E-state index contributed by atoms with van der Waals surface area (Å²) in [5.74, 6) is -0.0544. The number of carbonyl (C=O) groups excluding carboxylic acids is 1. The molecule has 0 bridgehead atoms. The minimum absolute atomic E-state index is 0.0144. The lowest BCUT2D eigenvalue weighted by Gasteiger charge is -2.24. The van der Waals surface area contributed by atoms with Gasteiger partial charge in [-0.15, -0.1) is 0 Å². The Hall–Kier alpha value is -0.530. The highest BCUT2D eigenvalue weighted by Gasteiger charge is 2.17. The molecule has 0 rings (SSSR count). The molecule has 2 nitrogen and oxygen atoms in total. The summed E-state index contributed by atoms with van der Waals surface area (Å²) in [7, 11) is 0. The molecule has 0 saturated heterocycles. The van der Waals surface area contributed by atoms with Crippen LogP contribution in [0.15, 0.2) is 0 Å². The van der Waals surface area contributed by atoms with E-state index in [9.17, 15) is 4.79 Å². The van der Waals surface area contributed by atoms with Crippen LogP contribution in [0.2, 0.25) is 0 Å². The highest BCUT2D eigenvalue weighted by atomic mass is 16.5. The van der Waals surface area contributed by atoms with E-state index in [-0.39, 0.29) is 12.1 Å². The normalized spacial score (nSPS) is 11.9. The molecular weight excluding hydrogens is 200 g/mol. The van der Waals surface area contributed by atoms with Crippen LogP contribution in [0, 0.1) is 5.41 Å². The van der Waals surface area contributed by atoms with Gasteiger partial charge in [-0.3, -0.25) is 4.79 Å². The molecule has 0 aromatic carbocycles. The molecular formula is C14H28O2. The fourth-order valence-electron chi connectivity index (χ4n) is 1.81. The van der Waals surface area contributed by atoms with Gasteiger partial charge in [0.05, 0.1) is 6.10 Å². The second-order valence-corrected chi connectivity index (χ2v) is 5.66. The van der Waals surface area contributed by atoms with Crippen molar-refractivity contribution in [2.45, 2.75) is 79.2 Å². The number of carbonyl (C=O) groups is 1. The molecule has 0 fully saturated rings. The van der Waals surface area contributed by atoms with Gasteiger partial charge in [-0.1, -0.05) is 33.6 Å². The van der Waals surface area contributed by atoms with Crippen molar-refractivity contribution in [1.29, 1.82) is 0 Å². The second kappa shape index (κ2) is 7.70. The van der Waals surface area contributed by atoms with Crippen molar-refractivity contribution in [2.24, 2.45) is 5.41 Å². The van der Waals surface area contributed by atoms with Gasteiger partial charge in [0.2, 0.25) is 0 Å². The Morgan fingerprint density at radius 3 is 2.25 bits per heavy atom. The number of unbranched alkanes of at least 4 members (excludes halogenated alkanes) is 1. The minimum atomic E-state index is -0.0544. The lowest BCUT2D eigenvalue weighted by molar-refractivity contribution is -0.147. The van der Waals surface area contributed by atoms with E-state index in [2.05, 4.69) is 20.8 Å². The molecule has 0 saturated carbocycles. The van der Waals surface area contributed by atoms with Crippen molar-refractivity contribution < 1.29 is 9.53 Å². The maximum atomic E-state index is 11.3. The summed E-state index contributed by atoms with van der Waals surface area (Å²) in [5, 5.41) is 0. The van der Waals surface area contributed by atoms with Crippen molar-refractivity contribution in [2.75, 3.05) is 0 Å². The van der Waals surface area contributed by atoms with Crippen LogP contribution < -0.4 is 0 Å². The van der Waals surface area contributed by atoms with E-state index >= 15 is 0 Å². The summed E-state index contributed by atoms with van der Waals surface area (Å²) in [5.41, 5.74) is 0.369. The van der Waals surface area contributed by atoms with Crippen LogP contribution in [-0.4, -0.2) is 12.1 Å². The summed E-state index contributed by atoms with van der Waals surface area (Å²) in [6.45, 7) is 10.6. The predicted molar refractivity (Wildman–Crippen MR) is 68.4 cm³/mol. The second-order valence-electron chi connectivity index (χ2n) is 5.66. The number of ether oxygens (including phenoxy) is 1. The lowest BCUT2D eigenvalue weighted by atomic mass is 9.82. The van der Waals surface area contributed by atoms with Crippen molar-refractivity contribution in [3.05, 3.63) is 0 Å². The van der Waals surface area contributed by atoms with Crippen LogP contribution in [0.1, 0.15) is 73.1 Å². The van der Waals surface area contributed by atoms with Crippen LogP contribution in [0.5, 0.6) is 0 Å². The fourth-order valence-corrected chi connectivity index (χ4v) is 1.81. The standard InChI is InChI=1S/C14H28O2/c1-6-7-10-14(4,5)11-8-9-13(15)16-12(2)3/h12H,6-11H2,1-5H3. The van der Waals surface area contributed by atoms with Gasteiger partial charge in [-0.05, 0) is 38.5 Å². The monoisotopic (exact) mass is 228 g/mol. The molecule has 0 aliphatic carbocycles. The lowest BCUT2D eigenvalue weighted by Crippen LogP contribution is -2.14. The van der Waals surface area contributed by atoms with Crippen molar-refractivity contribution in [1.82, 2.24) is 0 Å². The highest BCUT2D eigenvalue weighted by Crippen LogP contribution is 2.29. The number of rotatable bonds is 8. The van der Waals surface area contributed by atoms with Crippen LogP contribution in [0.25, 0.3) is 0 Å². The van der Waals surface area contributed by atoms with Gasteiger partial charge < -0.3 is 4.74 Å². The largest absolute Gasteiger partial charge is 0.463 e. The SMILES string of the molecule is CCCCC(C)(C)CCCC(=O)OC(C)C. The van der Waals surface area contributed by atoms with Gasteiger partial charge in [0.25, 0.3) is 0 Å². The average molecular weight is 228 g/mol. The first-order valence-electron chi connectivity index (χ1n) is 6.57. The van der Waals surface area contributed by atoms with Gasteiger partial charge in [-0.2, -0.15) is 0 Å². The van der Waals surface area contributed by atoms with E-state index in [1.165, 1.54) is 19.3 Å². The Kier molecular flexibility index (Phi) is 7.44. The van der Waals surface area contributed by atoms with Crippen molar-refractivity contribution in [3.8, 4) is 0 Å². The van der Waals surface area contributed by atoms with Gasteiger partial charge >= 0.3 is 5.97 Å². The van der Waals surface area contributed by atoms with E-state index in [0.29, 0.717) is 11.8 Å². The molecule has 0 aromatic rings. The first-order valence-corrected chi connectivity index (χ1v) is 6.57. The zero-order valence-corrected chi connectivity index (χ0v) is 11.6. The molecule has 0 aliphatic heterocycles. The third-order valence-corrected chi connectivity index (χ3v) is 2.81. The molecule has 0 N–H and O–H groups in total. The number of hydrogen-bond donors (Lipinski definition) is 0.